The second-order valence-corrected chi connectivity index (χ2v) is 5.80. The van der Waals surface area contributed by atoms with Crippen molar-refractivity contribution in [3.8, 4) is 0 Å². The van der Waals surface area contributed by atoms with Gasteiger partial charge in [0.25, 0.3) is 5.91 Å². The number of aliphatic imine (C=N–C) groups is 1. The highest BCUT2D eigenvalue weighted by Crippen LogP contribution is 2.39. The van der Waals surface area contributed by atoms with E-state index in [1.54, 1.807) is 0 Å². The van der Waals surface area contributed by atoms with E-state index in [1.165, 1.54) is 29.2 Å². The van der Waals surface area contributed by atoms with Crippen LogP contribution in [0.15, 0.2) is 29.3 Å². The van der Waals surface area contributed by atoms with Crippen LogP contribution in [0.1, 0.15) is 37.7 Å². The summed E-state index contributed by atoms with van der Waals surface area (Å²) in [4.78, 5) is 29.7. The van der Waals surface area contributed by atoms with Crippen LogP contribution >= 0.6 is 0 Å². The van der Waals surface area contributed by atoms with Crippen LogP contribution in [0.3, 0.4) is 0 Å². The predicted molar refractivity (Wildman–Crippen MR) is 78.1 cm³/mol. The zero-order valence-corrected chi connectivity index (χ0v) is 12.1. The molecule has 1 spiro atoms. The Kier molecular flexibility index (Phi) is 3.68. The molecular weight excluding hydrogens is 287 g/mol. The van der Waals surface area contributed by atoms with E-state index in [9.17, 15) is 14.0 Å². The van der Waals surface area contributed by atoms with Crippen LogP contribution in [0.25, 0.3) is 0 Å². The Morgan fingerprint density at radius 2 is 1.86 bits per heavy atom. The molecule has 1 fully saturated rings. The van der Waals surface area contributed by atoms with Crippen LogP contribution < -0.4 is 0 Å². The van der Waals surface area contributed by atoms with Crippen molar-refractivity contribution in [3.63, 3.8) is 0 Å². The molecule has 2 aliphatic rings. The van der Waals surface area contributed by atoms with E-state index in [0.29, 0.717) is 18.4 Å². The molecule has 0 bridgehead atoms. The summed E-state index contributed by atoms with van der Waals surface area (Å²) in [5.41, 5.74) is 0.0321. The van der Waals surface area contributed by atoms with Crippen molar-refractivity contribution in [2.45, 2.75) is 37.8 Å². The normalized spacial score (nSPS) is 20.3. The highest BCUT2D eigenvalue weighted by molar-refractivity contribution is 6.47. The van der Waals surface area contributed by atoms with Gasteiger partial charge in [0.15, 0.2) is 0 Å². The molecule has 0 saturated heterocycles. The summed E-state index contributed by atoms with van der Waals surface area (Å²) in [6.45, 7) is -0.354. The third kappa shape index (κ3) is 2.49. The molecule has 1 N–H and O–H groups in total. The van der Waals surface area contributed by atoms with Crippen molar-refractivity contribution in [3.05, 3.63) is 35.6 Å². The number of carbonyl (C=O) groups is 2. The van der Waals surface area contributed by atoms with Crippen LogP contribution in [0, 0.1) is 5.82 Å². The molecule has 1 aromatic carbocycles. The van der Waals surface area contributed by atoms with Gasteiger partial charge in [0.1, 0.15) is 23.7 Å². The van der Waals surface area contributed by atoms with Crippen LogP contribution in [0.5, 0.6) is 0 Å². The number of hydrogen-bond acceptors (Lipinski definition) is 3. The quantitative estimate of drug-likeness (QED) is 0.930. The highest BCUT2D eigenvalue weighted by Gasteiger charge is 2.48. The second kappa shape index (κ2) is 5.51. The van der Waals surface area contributed by atoms with Gasteiger partial charge in [-0.05, 0) is 49.9 Å². The minimum atomic E-state index is -1.05. The number of carbonyl (C=O) groups excluding carboxylic acids is 1. The largest absolute Gasteiger partial charge is 0.480 e. The van der Waals surface area contributed by atoms with Gasteiger partial charge in [-0.2, -0.15) is 0 Å². The molecule has 1 saturated carbocycles. The van der Waals surface area contributed by atoms with Gasteiger partial charge in [0, 0.05) is 5.56 Å². The Bertz CT molecular complexity index is 633. The number of nitrogens with zero attached hydrogens (tertiary/aromatic N) is 2. The van der Waals surface area contributed by atoms with E-state index in [4.69, 9.17) is 5.11 Å². The molecule has 1 aromatic rings. The summed E-state index contributed by atoms with van der Waals surface area (Å²) >= 11 is 0. The minimum Gasteiger partial charge on any atom is -0.480 e. The molecule has 3 rings (SSSR count). The zero-order valence-electron chi connectivity index (χ0n) is 12.1. The summed E-state index contributed by atoms with van der Waals surface area (Å²) < 4.78 is 13.1. The number of benzene rings is 1. The number of aliphatic carboxylic acids is 1. The number of carboxylic acids is 1. The average molecular weight is 304 g/mol. The molecule has 116 valence electrons. The molecule has 1 aliphatic carbocycles. The van der Waals surface area contributed by atoms with Gasteiger partial charge in [0.2, 0.25) is 0 Å². The summed E-state index contributed by atoms with van der Waals surface area (Å²) in [7, 11) is 0. The van der Waals surface area contributed by atoms with Gasteiger partial charge in [-0.3, -0.25) is 14.6 Å². The van der Waals surface area contributed by atoms with Crippen molar-refractivity contribution >= 4 is 17.6 Å². The Balaban J connectivity index is 1.99. The molecule has 0 atom stereocenters. The van der Waals surface area contributed by atoms with Gasteiger partial charge in [-0.1, -0.05) is 6.42 Å². The Labute approximate surface area is 127 Å². The van der Waals surface area contributed by atoms with E-state index < -0.39 is 11.6 Å². The number of carboxylic acid groups (broad SMARTS) is 1. The van der Waals surface area contributed by atoms with Gasteiger partial charge < -0.3 is 10.0 Å². The van der Waals surface area contributed by atoms with Crippen LogP contribution in [-0.2, 0) is 9.59 Å². The maximum Gasteiger partial charge on any atom is 0.323 e. The maximum atomic E-state index is 13.1. The molecule has 5 nitrogen and oxygen atoms in total. The minimum absolute atomic E-state index is 0.239. The summed E-state index contributed by atoms with van der Waals surface area (Å²) in [5, 5.41) is 9.10. The Hall–Kier alpha value is -2.24. The fourth-order valence-electron chi connectivity index (χ4n) is 3.28. The van der Waals surface area contributed by atoms with Gasteiger partial charge in [-0.15, -0.1) is 0 Å². The average Bonchev–Trinajstić information content (AvgIpc) is 2.74. The lowest BCUT2D eigenvalue weighted by Gasteiger charge is -2.38. The van der Waals surface area contributed by atoms with E-state index in [0.717, 1.165) is 19.3 Å². The molecule has 1 amide bonds. The van der Waals surface area contributed by atoms with Crippen molar-refractivity contribution in [1.29, 1.82) is 0 Å². The zero-order chi connectivity index (χ0) is 15.7. The third-order valence-electron chi connectivity index (χ3n) is 4.34. The maximum absolute atomic E-state index is 13.1. The topological polar surface area (TPSA) is 70.0 Å². The first-order chi connectivity index (χ1) is 10.5. The fourth-order valence-corrected chi connectivity index (χ4v) is 3.28. The van der Waals surface area contributed by atoms with Crippen molar-refractivity contribution < 1.29 is 19.1 Å². The third-order valence-corrected chi connectivity index (χ3v) is 4.34. The molecule has 0 unspecified atom stereocenters. The number of halogens is 1. The van der Waals surface area contributed by atoms with Crippen LogP contribution in [0.4, 0.5) is 4.39 Å². The number of hydrogen-bond donors (Lipinski definition) is 1. The van der Waals surface area contributed by atoms with E-state index in [-0.39, 0.29) is 24.0 Å². The van der Waals surface area contributed by atoms with E-state index in [1.807, 2.05) is 0 Å². The Morgan fingerprint density at radius 1 is 1.23 bits per heavy atom. The van der Waals surface area contributed by atoms with Crippen molar-refractivity contribution in [2.24, 2.45) is 4.99 Å². The second-order valence-electron chi connectivity index (χ2n) is 5.80. The first-order valence-electron chi connectivity index (χ1n) is 7.41. The predicted octanol–water partition coefficient (Wildman–Crippen LogP) is 2.20. The van der Waals surface area contributed by atoms with Gasteiger partial charge in [0.05, 0.1) is 0 Å². The fraction of sp³-hybridized carbons (Fsp3) is 0.438. The first kappa shape index (κ1) is 14.7. The monoisotopic (exact) mass is 304 g/mol. The molecule has 0 radical (unpaired) electrons. The van der Waals surface area contributed by atoms with Gasteiger partial charge in [-0.25, -0.2) is 4.39 Å². The molecule has 1 aliphatic heterocycles. The lowest BCUT2D eigenvalue weighted by molar-refractivity contribution is -0.145. The first-order valence-corrected chi connectivity index (χ1v) is 7.41. The van der Waals surface area contributed by atoms with Crippen LogP contribution in [0.2, 0.25) is 0 Å². The standard InChI is InChI=1S/C16H17FN2O3/c17-12-6-4-11(5-7-12)14-15(22)19(10-13(20)21)16(18-14)8-2-1-3-9-16/h4-7H,1-3,8-10H2,(H,20,21). The molecular formula is C16H17FN2O3. The van der Waals surface area contributed by atoms with Crippen LogP contribution in [-0.4, -0.2) is 39.8 Å². The number of rotatable bonds is 3. The van der Waals surface area contributed by atoms with E-state index >= 15 is 0 Å². The Morgan fingerprint density at radius 3 is 2.45 bits per heavy atom. The SMILES string of the molecule is O=C(O)CN1C(=O)C(c2ccc(F)cc2)=NC12CCCCC2. The molecule has 22 heavy (non-hydrogen) atoms. The number of amides is 1. The summed E-state index contributed by atoms with van der Waals surface area (Å²) in [6.07, 6.45) is 4.26. The lowest BCUT2D eigenvalue weighted by Crippen LogP contribution is -2.50. The summed E-state index contributed by atoms with van der Waals surface area (Å²) in [5.74, 6) is -1.81. The summed E-state index contributed by atoms with van der Waals surface area (Å²) in [6, 6.07) is 5.57. The van der Waals surface area contributed by atoms with Crippen molar-refractivity contribution in [1.82, 2.24) is 4.90 Å². The lowest BCUT2D eigenvalue weighted by atomic mass is 9.88. The highest BCUT2D eigenvalue weighted by atomic mass is 19.1. The smallest absolute Gasteiger partial charge is 0.323 e. The molecule has 1 heterocycles. The van der Waals surface area contributed by atoms with Gasteiger partial charge >= 0.3 is 5.97 Å². The molecule has 6 heteroatoms. The van der Waals surface area contributed by atoms with E-state index in [2.05, 4.69) is 4.99 Å². The molecule has 0 aromatic heterocycles. The van der Waals surface area contributed by atoms with Crippen molar-refractivity contribution in [2.75, 3.05) is 6.54 Å².